The molecule has 8 nitrogen and oxygen atoms in total. The zero-order valence-electron chi connectivity index (χ0n) is 20.3. The number of hydrogen-bond donors (Lipinski definition) is 2. The molecule has 5 aromatic rings. The van der Waals surface area contributed by atoms with Gasteiger partial charge in [0, 0.05) is 85.6 Å². The van der Waals surface area contributed by atoms with Crippen LogP contribution in [0.25, 0.3) is 22.3 Å². The molecule has 0 atom stereocenters. The maximum absolute atomic E-state index is 8.64. The van der Waals surface area contributed by atoms with Crippen molar-refractivity contribution >= 4 is 72.0 Å². The summed E-state index contributed by atoms with van der Waals surface area (Å²) in [6.07, 6.45) is 13.5. The number of rotatable bonds is 4. The lowest BCUT2D eigenvalue weighted by Crippen LogP contribution is -2.29. The van der Waals surface area contributed by atoms with Gasteiger partial charge in [0.25, 0.3) is 0 Å². The second-order valence-electron chi connectivity index (χ2n) is 7.55. The first kappa shape index (κ1) is 30.8. The van der Waals surface area contributed by atoms with Crippen molar-refractivity contribution in [2.75, 3.05) is 7.11 Å². The number of aromatic nitrogens is 5. The molecule has 13 heteroatoms. The summed E-state index contributed by atoms with van der Waals surface area (Å²) in [6, 6.07) is 13.1. The third-order valence-electron chi connectivity index (χ3n) is 4.77. The van der Waals surface area contributed by atoms with Gasteiger partial charge in [-0.15, -0.1) is 0 Å². The highest BCUT2D eigenvalue weighted by Gasteiger charge is 2.10. The van der Waals surface area contributed by atoms with Crippen LogP contribution in [0, 0.1) is 0 Å². The lowest BCUT2D eigenvalue weighted by Gasteiger charge is -2.03. The number of methoxy groups -OCH3 is 1. The Kier molecular flexibility index (Phi) is 12.4. The van der Waals surface area contributed by atoms with Crippen LogP contribution in [0.1, 0.15) is 0 Å². The largest absolute Gasteiger partial charge is 0.490 e. The lowest BCUT2D eigenvalue weighted by molar-refractivity contribution is 0.398. The fourth-order valence-corrected chi connectivity index (χ4v) is 4.28. The van der Waals surface area contributed by atoms with Crippen LogP contribution in [0.4, 0.5) is 0 Å². The Labute approximate surface area is 256 Å². The molecule has 0 fully saturated rings. The number of ether oxygens (including phenoxy) is 1. The highest BCUT2D eigenvalue weighted by Crippen LogP contribution is 2.24. The fourth-order valence-electron chi connectivity index (χ4n) is 2.99. The van der Waals surface area contributed by atoms with Crippen molar-refractivity contribution in [1.82, 2.24) is 24.9 Å². The standard InChI is InChI=1S/C11H9BrN2O.C10H6BrClN2.C5H5BBrNO2/c1-15-11-5-8(2-3-14-11)9-4-10(12)7-13-6-9;11-9-3-8(5-13-6-9)7-1-2-14-10(12)4-7;7-5-1-4(6(9)10)2-8-3-5/h2-7H,1H3;1-6H;1-3,9-10H. The molecule has 0 spiro atoms. The van der Waals surface area contributed by atoms with E-state index in [-0.39, 0.29) is 0 Å². The molecule has 0 aromatic carbocycles. The van der Waals surface area contributed by atoms with E-state index in [2.05, 4.69) is 72.7 Å². The van der Waals surface area contributed by atoms with Gasteiger partial charge in [-0.2, -0.15) is 0 Å². The molecule has 5 rings (SSSR count). The van der Waals surface area contributed by atoms with E-state index in [0.717, 1.165) is 35.7 Å². The van der Waals surface area contributed by atoms with Crippen LogP contribution in [-0.2, 0) is 0 Å². The topological polar surface area (TPSA) is 114 Å². The van der Waals surface area contributed by atoms with Gasteiger partial charge in [0.15, 0.2) is 0 Å². The van der Waals surface area contributed by atoms with Crippen molar-refractivity contribution < 1.29 is 14.8 Å². The molecule has 5 heterocycles. The maximum Gasteiger partial charge on any atom is 0.490 e. The fraction of sp³-hybridized carbons (Fsp3) is 0.0385. The molecule has 39 heavy (non-hydrogen) atoms. The third kappa shape index (κ3) is 10.4. The van der Waals surface area contributed by atoms with Gasteiger partial charge >= 0.3 is 7.12 Å². The van der Waals surface area contributed by atoms with Gasteiger partial charge < -0.3 is 14.8 Å². The molecule has 0 saturated heterocycles. The van der Waals surface area contributed by atoms with E-state index in [1.807, 2.05) is 36.4 Å². The van der Waals surface area contributed by atoms with Crippen molar-refractivity contribution in [2.45, 2.75) is 0 Å². The first-order valence-corrected chi connectivity index (χ1v) is 13.8. The van der Waals surface area contributed by atoms with Crippen molar-refractivity contribution in [3.8, 4) is 28.1 Å². The summed E-state index contributed by atoms with van der Waals surface area (Å²) in [5, 5.41) is 17.8. The Morgan fingerprint density at radius 3 is 1.64 bits per heavy atom. The molecule has 0 aliphatic rings. The van der Waals surface area contributed by atoms with Crippen LogP contribution in [0.3, 0.4) is 0 Å². The Morgan fingerprint density at radius 1 is 0.667 bits per heavy atom. The average Bonchev–Trinajstić information content (AvgIpc) is 2.94. The summed E-state index contributed by atoms with van der Waals surface area (Å²) in [4.78, 5) is 19.9. The minimum atomic E-state index is -1.44. The third-order valence-corrected chi connectivity index (χ3v) is 6.28. The Balaban J connectivity index is 0.000000165. The smallest absolute Gasteiger partial charge is 0.481 e. The van der Waals surface area contributed by atoms with Gasteiger partial charge in [-0.1, -0.05) is 11.6 Å². The molecule has 0 saturated carbocycles. The average molecular weight is 736 g/mol. The lowest BCUT2D eigenvalue weighted by atomic mass is 9.82. The van der Waals surface area contributed by atoms with Gasteiger partial charge in [-0.25, -0.2) is 9.97 Å². The van der Waals surface area contributed by atoms with Crippen LogP contribution in [-0.4, -0.2) is 49.2 Å². The number of nitrogens with zero attached hydrogens (tertiary/aromatic N) is 5. The summed E-state index contributed by atoms with van der Waals surface area (Å²) in [5.74, 6) is 0.604. The quantitative estimate of drug-likeness (QED) is 0.171. The molecule has 0 unspecified atom stereocenters. The van der Waals surface area contributed by atoms with E-state index in [1.54, 1.807) is 56.6 Å². The summed E-state index contributed by atoms with van der Waals surface area (Å²) >= 11 is 15.7. The molecule has 0 bridgehead atoms. The van der Waals surface area contributed by atoms with Gasteiger partial charge in [0.2, 0.25) is 5.88 Å². The van der Waals surface area contributed by atoms with Crippen molar-refractivity contribution in [3.63, 3.8) is 0 Å². The monoisotopic (exact) mass is 733 g/mol. The molecular formula is C26H20BBr3ClN5O3. The van der Waals surface area contributed by atoms with Gasteiger partial charge in [-0.3, -0.25) is 15.0 Å². The SMILES string of the molecule is COc1cc(-c2cncc(Br)c2)ccn1.Clc1cc(-c2cncc(Br)c2)ccn1.OB(O)c1cncc(Br)c1. The van der Waals surface area contributed by atoms with Crippen molar-refractivity contribution in [3.05, 3.63) is 111 Å². The highest BCUT2D eigenvalue weighted by molar-refractivity contribution is 9.11. The Hall–Kier alpha value is -2.74. The van der Waals surface area contributed by atoms with E-state index in [1.165, 1.54) is 6.20 Å². The Bertz CT molecular complexity index is 1470. The van der Waals surface area contributed by atoms with Crippen LogP contribution in [0.15, 0.2) is 105 Å². The van der Waals surface area contributed by atoms with E-state index in [0.29, 0.717) is 16.5 Å². The summed E-state index contributed by atoms with van der Waals surface area (Å²) < 4.78 is 7.70. The van der Waals surface area contributed by atoms with E-state index >= 15 is 0 Å². The molecule has 0 aliphatic carbocycles. The summed E-state index contributed by atoms with van der Waals surface area (Å²) in [7, 11) is 0.163. The summed E-state index contributed by atoms with van der Waals surface area (Å²) in [5.41, 5.74) is 4.48. The number of hydrogen-bond acceptors (Lipinski definition) is 8. The molecule has 2 N–H and O–H groups in total. The second-order valence-corrected chi connectivity index (χ2v) is 10.7. The van der Waals surface area contributed by atoms with E-state index in [9.17, 15) is 0 Å². The van der Waals surface area contributed by atoms with Gasteiger partial charge in [0.1, 0.15) is 5.15 Å². The van der Waals surface area contributed by atoms with Crippen molar-refractivity contribution in [2.24, 2.45) is 0 Å². The predicted octanol–water partition coefficient (Wildman–Crippen LogP) is 6.00. The van der Waals surface area contributed by atoms with E-state index < -0.39 is 7.12 Å². The van der Waals surface area contributed by atoms with E-state index in [4.69, 9.17) is 26.4 Å². The van der Waals surface area contributed by atoms with Crippen molar-refractivity contribution in [1.29, 1.82) is 0 Å². The molecule has 198 valence electrons. The number of pyridine rings is 5. The predicted molar refractivity (Wildman–Crippen MR) is 164 cm³/mol. The minimum Gasteiger partial charge on any atom is -0.481 e. The molecule has 0 radical (unpaired) electrons. The van der Waals surface area contributed by atoms with Gasteiger partial charge in [0.05, 0.1) is 7.11 Å². The minimum absolute atomic E-state index is 0.384. The normalized spacial score (nSPS) is 9.92. The molecule has 0 amide bonds. The van der Waals surface area contributed by atoms with Crippen LogP contribution >= 0.6 is 59.4 Å². The molecule has 5 aromatic heterocycles. The zero-order chi connectivity index (χ0) is 28.2. The van der Waals surface area contributed by atoms with Crippen LogP contribution < -0.4 is 10.2 Å². The Morgan fingerprint density at radius 2 is 1.18 bits per heavy atom. The number of halogens is 4. The second kappa shape index (κ2) is 15.8. The van der Waals surface area contributed by atoms with Crippen LogP contribution in [0.5, 0.6) is 5.88 Å². The maximum atomic E-state index is 8.64. The first-order chi connectivity index (χ1) is 18.7. The highest BCUT2D eigenvalue weighted by atomic mass is 79.9. The van der Waals surface area contributed by atoms with Gasteiger partial charge in [-0.05, 0) is 95.3 Å². The first-order valence-electron chi connectivity index (χ1n) is 11.0. The zero-order valence-corrected chi connectivity index (χ0v) is 25.8. The van der Waals surface area contributed by atoms with Crippen LogP contribution in [0.2, 0.25) is 5.15 Å². The summed E-state index contributed by atoms with van der Waals surface area (Å²) in [6.45, 7) is 0. The molecule has 0 aliphatic heterocycles. The molecular weight excluding hydrogens is 716 g/mol.